The Labute approximate surface area is 108 Å². The van der Waals surface area contributed by atoms with E-state index in [4.69, 9.17) is 10.3 Å². The Hall–Kier alpha value is -1.61. The van der Waals surface area contributed by atoms with E-state index in [9.17, 15) is 0 Å². The molecule has 0 saturated heterocycles. The van der Waals surface area contributed by atoms with Crippen LogP contribution < -0.4 is 5.73 Å². The summed E-state index contributed by atoms with van der Waals surface area (Å²) in [5.41, 5.74) is 8.83. The van der Waals surface area contributed by atoms with Crippen molar-refractivity contribution < 1.29 is 4.52 Å². The lowest BCUT2D eigenvalue weighted by atomic mass is 10.0. The van der Waals surface area contributed by atoms with E-state index in [0.29, 0.717) is 12.5 Å². The molecule has 0 atom stereocenters. The molecule has 0 aliphatic carbocycles. The van der Waals surface area contributed by atoms with E-state index < -0.39 is 0 Å². The lowest BCUT2D eigenvalue weighted by Gasteiger charge is -2.04. The van der Waals surface area contributed by atoms with Crippen LogP contribution in [0, 0.1) is 5.92 Å². The topological polar surface area (TPSA) is 52.0 Å². The molecule has 18 heavy (non-hydrogen) atoms. The minimum absolute atomic E-state index is 0.597. The Morgan fingerprint density at radius 3 is 2.56 bits per heavy atom. The van der Waals surface area contributed by atoms with Gasteiger partial charge in [-0.05, 0) is 24.4 Å². The van der Waals surface area contributed by atoms with Gasteiger partial charge in [0.15, 0.2) is 5.76 Å². The summed E-state index contributed by atoms with van der Waals surface area (Å²) < 4.78 is 5.32. The lowest BCUT2D eigenvalue weighted by molar-refractivity contribution is 0.423. The van der Waals surface area contributed by atoms with Gasteiger partial charge < -0.3 is 10.3 Å². The Balaban J connectivity index is 2.12. The molecule has 1 aromatic carbocycles. The summed E-state index contributed by atoms with van der Waals surface area (Å²) in [5, 5.41) is 4.00. The number of hydrogen-bond donors (Lipinski definition) is 1. The maximum Gasteiger partial charge on any atom is 0.167 e. The Bertz CT molecular complexity index is 485. The van der Waals surface area contributed by atoms with Gasteiger partial charge in [0.2, 0.25) is 0 Å². The van der Waals surface area contributed by atoms with Crippen molar-refractivity contribution in [3.05, 3.63) is 41.6 Å². The van der Waals surface area contributed by atoms with E-state index in [1.807, 2.05) is 6.07 Å². The van der Waals surface area contributed by atoms with Gasteiger partial charge in [0.25, 0.3) is 0 Å². The fourth-order valence-corrected chi connectivity index (χ4v) is 1.99. The fraction of sp³-hybridized carbons (Fsp3) is 0.400. The Morgan fingerprint density at radius 2 is 1.94 bits per heavy atom. The zero-order valence-electron chi connectivity index (χ0n) is 11.0. The van der Waals surface area contributed by atoms with Crippen molar-refractivity contribution in [2.75, 3.05) is 6.54 Å². The second kappa shape index (κ2) is 5.83. The quantitative estimate of drug-likeness (QED) is 0.879. The summed E-state index contributed by atoms with van der Waals surface area (Å²) in [6.07, 6.45) is 1.87. The number of nitrogens with two attached hydrogens (primary N) is 1. The standard InChI is InChI=1S/C15H20N2O/c1-11(2)9-12-3-5-13(6-4-12)15-10-14(7-8-16)17-18-15/h3-6,10-11H,7-9,16H2,1-2H3. The van der Waals surface area contributed by atoms with Crippen LogP contribution in [0.1, 0.15) is 25.1 Å². The molecule has 3 heteroatoms. The molecule has 0 aliphatic rings. The number of aromatic nitrogens is 1. The lowest BCUT2D eigenvalue weighted by Crippen LogP contribution is -2.02. The van der Waals surface area contributed by atoms with Crippen molar-refractivity contribution in [2.45, 2.75) is 26.7 Å². The monoisotopic (exact) mass is 244 g/mol. The van der Waals surface area contributed by atoms with E-state index in [0.717, 1.165) is 29.9 Å². The summed E-state index contributed by atoms with van der Waals surface area (Å²) in [6, 6.07) is 10.4. The number of rotatable bonds is 5. The summed E-state index contributed by atoms with van der Waals surface area (Å²) in [7, 11) is 0. The van der Waals surface area contributed by atoms with Crippen molar-refractivity contribution >= 4 is 0 Å². The average molecular weight is 244 g/mol. The maximum absolute atomic E-state index is 5.49. The molecule has 3 nitrogen and oxygen atoms in total. The molecular formula is C15H20N2O. The van der Waals surface area contributed by atoms with Crippen LogP contribution in [0.4, 0.5) is 0 Å². The molecule has 2 rings (SSSR count). The van der Waals surface area contributed by atoms with Crippen molar-refractivity contribution in [1.29, 1.82) is 0 Å². The Kier molecular flexibility index (Phi) is 4.15. The van der Waals surface area contributed by atoms with Gasteiger partial charge in [-0.3, -0.25) is 0 Å². The molecule has 0 unspecified atom stereocenters. The second-order valence-corrected chi connectivity index (χ2v) is 5.02. The van der Waals surface area contributed by atoms with Crippen LogP contribution >= 0.6 is 0 Å². The van der Waals surface area contributed by atoms with E-state index in [2.05, 4.69) is 43.3 Å². The van der Waals surface area contributed by atoms with Crippen LogP contribution in [-0.4, -0.2) is 11.7 Å². The molecule has 96 valence electrons. The molecule has 0 bridgehead atoms. The number of benzene rings is 1. The van der Waals surface area contributed by atoms with Crippen LogP contribution in [-0.2, 0) is 12.8 Å². The first-order valence-electron chi connectivity index (χ1n) is 6.44. The molecule has 0 amide bonds. The van der Waals surface area contributed by atoms with Gasteiger partial charge >= 0.3 is 0 Å². The summed E-state index contributed by atoms with van der Waals surface area (Å²) in [4.78, 5) is 0. The molecular weight excluding hydrogens is 224 g/mol. The largest absolute Gasteiger partial charge is 0.356 e. The first kappa shape index (κ1) is 12.8. The van der Waals surface area contributed by atoms with Crippen molar-refractivity contribution in [2.24, 2.45) is 11.7 Å². The second-order valence-electron chi connectivity index (χ2n) is 5.02. The smallest absolute Gasteiger partial charge is 0.167 e. The normalized spacial score (nSPS) is 11.1. The van der Waals surface area contributed by atoms with E-state index in [1.54, 1.807) is 0 Å². The fourth-order valence-electron chi connectivity index (χ4n) is 1.99. The van der Waals surface area contributed by atoms with Crippen LogP contribution in [0.15, 0.2) is 34.9 Å². The van der Waals surface area contributed by atoms with Crippen LogP contribution in [0.25, 0.3) is 11.3 Å². The van der Waals surface area contributed by atoms with E-state index >= 15 is 0 Å². The molecule has 0 spiro atoms. The average Bonchev–Trinajstić information content (AvgIpc) is 2.78. The third kappa shape index (κ3) is 3.20. The number of hydrogen-bond acceptors (Lipinski definition) is 3. The Morgan fingerprint density at radius 1 is 1.22 bits per heavy atom. The maximum atomic E-state index is 5.49. The predicted molar refractivity (Wildman–Crippen MR) is 73.2 cm³/mol. The van der Waals surface area contributed by atoms with Gasteiger partial charge in [-0.1, -0.05) is 43.3 Å². The highest BCUT2D eigenvalue weighted by atomic mass is 16.5. The van der Waals surface area contributed by atoms with Crippen molar-refractivity contribution in [3.63, 3.8) is 0 Å². The van der Waals surface area contributed by atoms with E-state index in [1.165, 1.54) is 5.56 Å². The van der Waals surface area contributed by atoms with Gasteiger partial charge in [-0.15, -0.1) is 0 Å². The molecule has 0 radical (unpaired) electrons. The van der Waals surface area contributed by atoms with Gasteiger partial charge in [0.05, 0.1) is 5.69 Å². The van der Waals surface area contributed by atoms with Crippen molar-refractivity contribution in [3.8, 4) is 11.3 Å². The van der Waals surface area contributed by atoms with Crippen LogP contribution in [0.3, 0.4) is 0 Å². The van der Waals surface area contributed by atoms with E-state index in [-0.39, 0.29) is 0 Å². The molecule has 0 aliphatic heterocycles. The highest BCUT2D eigenvalue weighted by Crippen LogP contribution is 2.21. The first-order chi connectivity index (χ1) is 8.69. The molecule has 1 aromatic heterocycles. The molecule has 0 saturated carbocycles. The molecule has 2 aromatic rings. The zero-order chi connectivity index (χ0) is 13.0. The van der Waals surface area contributed by atoms with Crippen LogP contribution in [0.2, 0.25) is 0 Å². The summed E-state index contributed by atoms with van der Waals surface area (Å²) >= 11 is 0. The molecule has 1 heterocycles. The zero-order valence-corrected chi connectivity index (χ0v) is 11.0. The molecule has 2 N–H and O–H groups in total. The highest BCUT2D eigenvalue weighted by Gasteiger charge is 2.06. The van der Waals surface area contributed by atoms with Gasteiger partial charge in [-0.2, -0.15) is 0 Å². The highest BCUT2D eigenvalue weighted by molar-refractivity contribution is 5.57. The first-order valence-corrected chi connectivity index (χ1v) is 6.44. The number of nitrogens with zero attached hydrogens (tertiary/aromatic N) is 1. The third-order valence-electron chi connectivity index (χ3n) is 2.84. The van der Waals surface area contributed by atoms with Gasteiger partial charge in [-0.25, -0.2) is 0 Å². The SMILES string of the molecule is CC(C)Cc1ccc(-c2cc(CCN)no2)cc1. The summed E-state index contributed by atoms with van der Waals surface area (Å²) in [5.74, 6) is 1.49. The third-order valence-corrected chi connectivity index (χ3v) is 2.84. The van der Waals surface area contributed by atoms with Gasteiger partial charge in [0, 0.05) is 18.1 Å². The van der Waals surface area contributed by atoms with Gasteiger partial charge in [0.1, 0.15) is 0 Å². The van der Waals surface area contributed by atoms with Crippen molar-refractivity contribution in [1.82, 2.24) is 5.16 Å². The predicted octanol–water partition coefficient (Wildman–Crippen LogP) is 3.04. The summed E-state index contributed by atoms with van der Waals surface area (Å²) in [6.45, 7) is 5.05. The minimum Gasteiger partial charge on any atom is -0.356 e. The minimum atomic E-state index is 0.597. The van der Waals surface area contributed by atoms with Crippen LogP contribution in [0.5, 0.6) is 0 Å². The molecule has 0 fully saturated rings.